The summed E-state index contributed by atoms with van der Waals surface area (Å²) in [6.07, 6.45) is 0.450. The summed E-state index contributed by atoms with van der Waals surface area (Å²) in [7, 11) is 1.26. The van der Waals surface area contributed by atoms with Gasteiger partial charge in [0, 0.05) is 6.42 Å². The van der Waals surface area contributed by atoms with Gasteiger partial charge in [0.2, 0.25) is 0 Å². The molecule has 1 aliphatic heterocycles. The van der Waals surface area contributed by atoms with Crippen molar-refractivity contribution in [1.29, 1.82) is 0 Å². The largest absolute Gasteiger partial charge is 0.468 e. The van der Waals surface area contributed by atoms with Crippen LogP contribution in [0, 0.1) is 5.92 Å². The van der Waals surface area contributed by atoms with Crippen LogP contribution in [0.3, 0.4) is 0 Å². The van der Waals surface area contributed by atoms with E-state index in [1.165, 1.54) is 7.11 Å². The Balaban J connectivity index is 2.55. The van der Waals surface area contributed by atoms with Crippen molar-refractivity contribution < 1.29 is 19.1 Å². The van der Waals surface area contributed by atoms with E-state index in [1.807, 2.05) is 0 Å². The van der Waals surface area contributed by atoms with Crippen LogP contribution in [-0.2, 0) is 19.1 Å². The highest BCUT2D eigenvalue weighted by molar-refractivity contribution is 5.95. The van der Waals surface area contributed by atoms with Crippen LogP contribution in [0.25, 0.3) is 0 Å². The molecule has 4 nitrogen and oxygen atoms in total. The van der Waals surface area contributed by atoms with E-state index in [1.54, 1.807) is 0 Å². The van der Waals surface area contributed by atoms with E-state index in [9.17, 15) is 9.59 Å². The Morgan fingerprint density at radius 2 is 2.50 bits per heavy atom. The van der Waals surface area contributed by atoms with Crippen molar-refractivity contribution in [2.75, 3.05) is 13.7 Å². The Morgan fingerprint density at radius 1 is 1.80 bits per heavy atom. The topological polar surface area (TPSA) is 52.6 Å². The third-order valence-electron chi connectivity index (χ3n) is 1.42. The van der Waals surface area contributed by atoms with Gasteiger partial charge in [0.1, 0.15) is 0 Å². The second-order valence-electron chi connectivity index (χ2n) is 2.03. The van der Waals surface area contributed by atoms with Gasteiger partial charge < -0.3 is 9.47 Å². The van der Waals surface area contributed by atoms with Crippen molar-refractivity contribution in [3.05, 3.63) is 0 Å². The summed E-state index contributed by atoms with van der Waals surface area (Å²) in [5.41, 5.74) is 0. The minimum atomic E-state index is -0.676. The van der Waals surface area contributed by atoms with Crippen LogP contribution in [0.15, 0.2) is 0 Å². The molecular formula is C6H8O4. The Labute approximate surface area is 58.1 Å². The van der Waals surface area contributed by atoms with Crippen molar-refractivity contribution in [3.8, 4) is 0 Å². The van der Waals surface area contributed by atoms with E-state index in [2.05, 4.69) is 9.47 Å². The van der Waals surface area contributed by atoms with Crippen LogP contribution in [0.1, 0.15) is 6.42 Å². The van der Waals surface area contributed by atoms with E-state index < -0.39 is 17.9 Å². The molecule has 56 valence electrons. The summed E-state index contributed by atoms with van der Waals surface area (Å²) in [4.78, 5) is 21.4. The first kappa shape index (κ1) is 7.05. The van der Waals surface area contributed by atoms with Crippen LogP contribution < -0.4 is 0 Å². The summed E-state index contributed by atoms with van der Waals surface area (Å²) in [6, 6.07) is 0. The monoisotopic (exact) mass is 144 g/mol. The van der Waals surface area contributed by atoms with Gasteiger partial charge in [-0.05, 0) is 0 Å². The second kappa shape index (κ2) is 2.68. The SMILES string of the molecule is COC(=O)[C@H]1CCOC1=O. The zero-order valence-corrected chi connectivity index (χ0v) is 5.62. The third kappa shape index (κ3) is 1.10. The zero-order valence-electron chi connectivity index (χ0n) is 5.62. The number of methoxy groups -OCH3 is 1. The van der Waals surface area contributed by atoms with Gasteiger partial charge >= 0.3 is 11.9 Å². The maximum Gasteiger partial charge on any atom is 0.320 e. The fourth-order valence-electron chi connectivity index (χ4n) is 0.852. The predicted molar refractivity (Wildman–Crippen MR) is 31.1 cm³/mol. The lowest BCUT2D eigenvalue weighted by Gasteiger charge is -2.00. The number of rotatable bonds is 1. The first-order valence-corrected chi connectivity index (χ1v) is 3.00. The molecule has 0 spiro atoms. The molecule has 1 fully saturated rings. The number of carbonyl (C=O) groups is 2. The Hall–Kier alpha value is -1.06. The van der Waals surface area contributed by atoms with Gasteiger partial charge in [-0.25, -0.2) is 0 Å². The Bertz CT molecular complexity index is 163. The third-order valence-corrected chi connectivity index (χ3v) is 1.42. The molecule has 1 aliphatic rings. The molecule has 10 heavy (non-hydrogen) atoms. The maximum absolute atomic E-state index is 10.7. The van der Waals surface area contributed by atoms with Crippen LogP contribution in [0.5, 0.6) is 0 Å². The first-order valence-electron chi connectivity index (χ1n) is 3.00. The minimum absolute atomic E-state index is 0.332. The van der Waals surface area contributed by atoms with Gasteiger partial charge in [-0.1, -0.05) is 0 Å². The minimum Gasteiger partial charge on any atom is -0.468 e. The fourth-order valence-corrected chi connectivity index (χ4v) is 0.852. The molecule has 0 unspecified atom stereocenters. The van der Waals surface area contributed by atoms with E-state index in [0.717, 1.165) is 0 Å². The summed E-state index contributed by atoms with van der Waals surface area (Å²) in [6.45, 7) is 0.332. The van der Waals surface area contributed by atoms with Crippen LogP contribution in [0.4, 0.5) is 0 Å². The molecule has 0 amide bonds. The Morgan fingerprint density at radius 3 is 2.90 bits per heavy atom. The zero-order chi connectivity index (χ0) is 7.56. The molecule has 1 saturated heterocycles. The normalized spacial score (nSPS) is 24.1. The van der Waals surface area contributed by atoms with Crippen LogP contribution in [0.2, 0.25) is 0 Å². The van der Waals surface area contributed by atoms with Gasteiger partial charge in [0.15, 0.2) is 5.92 Å². The summed E-state index contributed by atoms with van der Waals surface area (Å²) < 4.78 is 8.91. The van der Waals surface area contributed by atoms with Gasteiger partial charge in [0.25, 0.3) is 0 Å². The molecule has 0 aromatic rings. The predicted octanol–water partition coefficient (Wildman–Crippen LogP) is -0.278. The number of hydrogen-bond acceptors (Lipinski definition) is 4. The highest BCUT2D eigenvalue weighted by Crippen LogP contribution is 2.14. The van der Waals surface area contributed by atoms with Gasteiger partial charge in [-0.2, -0.15) is 0 Å². The summed E-state index contributed by atoms with van der Waals surface area (Å²) in [5.74, 6) is -1.64. The average Bonchev–Trinajstić information content (AvgIpc) is 2.34. The van der Waals surface area contributed by atoms with Gasteiger partial charge in [-0.15, -0.1) is 0 Å². The Kier molecular flexibility index (Phi) is 1.89. The lowest BCUT2D eigenvalue weighted by Crippen LogP contribution is -2.20. The van der Waals surface area contributed by atoms with Crippen molar-refractivity contribution in [2.24, 2.45) is 5.92 Å². The van der Waals surface area contributed by atoms with Crippen molar-refractivity contribution in [3.63, 3.8) is 0 Å². The van der Waals surface area contributed by atoms with Crippen LogP contribution >= 0.6 is 0 Å². The molecule has 0 aliphatic carbocycles. The molecule has 0 saturated carbocycles. The molecule has 1 heterocycles. The van der Waals surface area contributed by atoms with Crippen molar-refractivity contribution >= 4 is 11.9 Å². The van der Waals surface area contributed by atoms with Crippen molar-refractivity contribution in [2.45, 2.75) is 6.42 Å². The molecular weight excluding hydrogens is 136 g/mol. The van der Waals surface area contributed by atoms with E-state index in [-0.39, 0.29) is 0 Å². The molecule has 0 bridgehead atoms. The molecule has 0 radical (unpaired) electrons. The number of hydrogen-bond donors (Lipinski definition) is 0. The number of carbonyl (C=O) groups excluding carboxylic acids is 2. The van der Waals surface area contributed by atoms with Crippen molar-refractivity contribution in [1.82, 2.24) is 0 Å². The lowest BCUT2D eigenvalue weighted by molar-refractivity contribution is -0.153. The van der Waals surface area contributed by atoms with Gasteiger partial charge in [-0.3, -0.25) is 9.59 Å². The van der Waals surface area contributed by atoms with E-state index in [0.29, 0.717) is 13.0 Å². The second-order valence-corrected chi connectivity index (χ2v) is 2.03. The molecule has 0 aromatic heterocycles. The maximum atomic E-state index is 10.7. The summed E-state index contributed by atoms with van der Waals surface area (Å²) >= 11 is 0. The first-order chi connectivity index (χ1) is 4.75. The summed E-state index contributed by atoms with van der Waals surface area (Å²) in [5, 5.41) is 0. The molecule has 1 atom stereocenters. The molecule has 0 N–H and O–H groups in total. The van der Waals surface area contributed by atoms with Crippen LogP contribution in [-0.4, -0.2) is 25.7 Å². The molecule has 0 aromatic carbocycles. The highest BCUT2D eigenvalue weighted by atomic mass is 16.6. The molecule has 1 rings (SSSR count). The van der Waals surface area contributed by atoms with Gasteiger partial charge in [0.05, 0.1) is 13.7 Å². The number of ether oxygens (including phenoxy) is 2. The van der Waals surface area contributed by atoms with E-state index in [4.69, 9.17) is 0 Å². The quantitative estimate of drug-likeness (QED) is 0.375. The standard InChI is InChI=1S/C6H8O4/c1-9-5(7)4-2-3-10-6(4)8/h4H,2-3H2,1H3/t4-/m1/s1. The lowest BCUT2D eigenvalue weighted by atomic mass is 10.1. The highest BCUT2D eigenvalue weighted by Gasteiger charge is 2.33. The number of esters is 2. The van der Waals surface area contributed by atoms with E-state index >= 15 is 0 Å². The smallest absolute Gasteiger partial charge is 0.320 e. The number of cyclic esters (lactones) is 1. The average molecular weight is 144 g/mol. The fraction of sp³-hybridized carbons (Fsp3) is 0.667. The molecule has 4 heteroatoms.